The summed E-state index contributed by atoms with van der Waals surface area (Å²) >= 11 is 6.05. The van der Waals surface area contributed by atoms with E-state index in [1.165, 1.54) is 0 Å². The van der Waals surface area contributed by atoms with Crippen molar-refractivity contribution in [3.05, 3.63) is 53.1 Å². The highest BCUT2D eigenvalue weighted by Gasteiger charge is 2.04. The number of nitrogens with one attached hydrogen (secondary N) is 2. The van der Waals surface area contributed by atoms with Crippen LogP contribution in [0.25, 0.3) is 0 Å². The summed E-state index contributed by atoms with van der Waals surface area (Å²) in [6.45, 7) is 2.13. The molecule has 116 valence electrons. The first-order valence-corrected chi connectivity index (χ1v) is 7.41. The van der Waals surface area contributed by atoms with E-state index in [4.69, 9.17) is 11.6 Å². The number of anilines is 3. The van der Waals surface area contributed by atoms with Gasteiger partial charge in [0.1, 0.15) is 0 Å². The molecule has 0 aromatic heterocycles. The lowest BCUT2D eigenvalue weighted by Gasteiger charge is -2.13. The van der Waals surface area contributed by atoms with E-state index in [2.05, 4.69) is 10.6 Å². The molecule has 22 heavy (non-hydrogen) atoms. The van der Waals surface area contributed by atoms with E-state index in [0.29, 0.717) is 5.02 Å². The van der Waals surface area contributed by atoms with E-state index in [1.54, 1.807) is 0 Å². The molecular formula is C17H20ClN3O. The largest absolute Gasteiger partial charge is 0.378 e. The van der Waals surface area contributed by atoms with Gasteiger partial charge in [0.15, 0.2) is 0 Å². The Morgan fingerprint density at radius 1 is 1.09 bits per heavy atom. The van der Waals surface area contributed by atoms with Gasteiger partial charge in [-0.25, -0.2) is 0 Å². The molecule has 2 N–H and O–H groups in total. The number of hydrogen-bond acceptors (Lipinski definition) is 3. The average Bonchev–Trinajstić information content (AvgIpc) is 2.49. The van der Waals surface area contributed by atoms with Crippen LogP contribution in [0, 0.1) is 6.92 Å². The fourth-order valence-corrected chi connectivity index (χ4v) is 2.11. The molecule has 0 aliphatic carbocycles. The topological polar surface area (TPSA) is 44.4 Å². The highest BCUT2D eigenvalue weighted by Crippen LogP contribution is 2.20. The molecule has 2 aromatic carbocycles. The maximum absolute atomic E-state index is 11.9. The molecule has 4 nitrogen and oxygen atoms in total. The van der Waals surface area contributed by atoms with Crippen molar-refractivity contribution in [3.63, 3.8) is 0 Å². The third-order valence-corrected chi connectivity index (χ3v) is 3.70. The minimum absolute atomic E-state index is 0.102. The molecule has 0 fully saturated rings. The van der Waals surface area contributed by atoms with Gasteiger partial charge in [-0.1, -0.05) is 17.7 Å². The number of benzene rings is 2. The van der Waals surface area contributed by atoms with E-state index in [9.17, 15) is 4.79 Å². The summed E-state index contributed by atoms with van der Waals surface area (Å²) in [7, 11) is 3.95. The fraction of sp³-hybridized carbons (Fsp3) is 0.235. The Kier molecular flexibility index (Phi) is 5.28. The molecule has 2 aromatic rings. The zero-order valence-electron chi connectivity index (χ0n) is 13.0. The monoisotopic (exact) mass is 317 g/mol. The van der Waals surface area contributed by atoms with Crippen molar-refractivity contribution in [2.24, 2.45) is 0 Å². The van der Waals surface area contributed by atoms with E-state index in [0.717, 1.165) is 22.6 Å². The van der Waals surface area contributed by atoms with Gasteiger partial charge < -0.3 is 15.5 Å². The van der Waals surface area contributed by atoms with Crippen molar-refractivity contribution in [2.75, 3.05) is 36.2 Å². The maximum atomic E-state index is 11.9. The molecule has 0 saturated carbocycles. The molecular weight excluding hydrogens is 298 g/mol. The second-order valence-corrected chi connectivity index (χ2v) is 5.71. The molecule has 1 amide bonds. The first-order valence-electron chi connectivity index (χ1n) is 7.03. The van der Waals surface area contributed by atoms with Crippen LogP contribution in [0.2, 0.25) is 5.02 Å². The highest BCUT2D eigenvalue weighted by molar-refractivity contribution is 6.31. The van der Waals surface area contributed by atoms with E-state index < -0.39 is 0 Å². The summed E-state index contributed by atoms with van der Waals surface area (Å²) in [4.78, 5) is 13.9. The fourth-order valence-electron chi connectivity index (χ4n) is 1.93. The van der Waals surface area contributed by atoms with Gasteiger partial charge in [-0.05, 0) is 48.9 Å². The van der Waals surface area contributed by atoms with Crippen molar-refractivity contribution < 1.29 is 4.79 Å². The standard InChI is InChI=1S/C17H20ClN3O/c1-12-4-5-14(10-16(12)18)19-11-17(22)20-13-6-8-15(9-7-13)21(2)3/h4-10,19H,11H2,1-3H3,(H,20,22). The zero-order chi connectivity index (χ0) is 16.1. The summed E-state index contributed by atoms with van der Waals surface area (Å²) in [6.07, 6.45) is 0. The Balaban J connectivity index is 1.88. The maximum Gasteiger partial charge on any atom is 0.243 e. The van der Waals surface area contributed by atoms with Crippen molar-refractivity contribution in [2.45, 2.75) is 6.92 Å². The molecule has 0 aliphatic heterocycles. The predicted molar refractivity (Wildman–Crippen MR) is 94.1 cm³/mol. The van der Waals surface area contributed by atoms with Crippen LogP contribution in [0.15, 0.2) is 42.5 Å². The van der Waals surface area contributed by atoms with Crippen LogP contribution < -0.4 is 15.5 Å². The van der Waals surface area contributed by atoms with E-state index >= 15 is 0 Å². The predicted octanol–water partition coefficient (Wildman–Crippen LogP) is 3.77. The lowest BCUT2D eigenvalue weighted by molar-refractivity contribution is -0.114. The number of halogens is 1. The lowest BCUT2D eigenvalue weighted by Crippen LogP contribution is -2.21. The van der Waals surface area contributed by atoms with Gasteiger partial charge in [0.25, 0.3) is 0 Å². The highest BCUT2D eigenvalue weighted by atomic mass is 35.5. The lowest BCUT2D eigenvalue weighted by atomic mass is 10.2. The third kappa shape index (κ3) is 4.40. The van der Waals surface area contributed by atoms with Crippen molar-refractivity contribution in [1.29, 1.82) is 0 Å². The Bertz CT molecular complexity index is 653. The van der Waals surface area contributed by atoms with Crippen LogP contribution in [0.1, 0.15) is 5.56 Å². The van der Waals surface area contributed by atoms with Gasteiger partial charge >= 0.3 is 0 Å². The second-order valence-electron chi connectivity index (χ2n) is 5.31. The molecule has 5 heteroatoms. The second kappa shape index (κ2) is 7.18. The van der Waals surface area contributed by atoms with Gasteiger partial charge in [-0.2, -0.15) is 0 Å². The van der Waals surface area contributed by atoms with Gasteiger partial charge in [0, 0.05) is 36.2 Å². The van der Waals surface area contributed by atoms with Crippen LogP contribution >= 0.6 is 11.6 Å². The van der Waals surface area contributed by atoms with Crippen LogP contribution in [0.3, 0.4) is 0 Å². The first-order chi connectivity index (χ1) is 10.5. The summed E-state index contributed by atoms with van der Waals surface area (Å²) in [6, 6.07) is 13.3. The van der Waals surface area contributed by atoms with Crippen LogP contribution in [0.4, 0.5) is 17.1 Å². The number of nitrogens with zero attached hydrogens (tertiary/aromatic N) is 1. The van der Waals surface area contributed by atoms with Crippen molar-refractivity contribution in [3.8, 4) is 0 Å². The molecule has 0 atom stereocenters. The quantitative estimate of drug-likeness (QED) is 0.882. The minimum Gasteiger partial charge on any atom is -0.378 e. The summed E-state index contributed by atoms with van der Waals surface area (Å²) in [5.74, 6) is -0.102. The SMILES string of the molecule is Cc1ccc(NCC(=O)Nc2ccc(N(C)C)cc2)cc1Cl. The van der Waals surface area contributed by atoms with Gasteiger partial charge in [-0.15, -0.1) is 0 Å². The third-order valence-electron chi connectivity index (χ3n) is 3.29. The van der Waals surface area contributed by atoms with Gasteiger partial charge in [0.2, 0.25) is 5.91 Å². The number of carbonyl (C=O) groups excluding carboxylic acids is 1. The molecule has 0 bridgehead atoms. The van der Waals surface area contributed by atoms with Crippen LogP contribution in [0.5, 0.6) is 0 Å². The number of aryl methyl sites for hydroxylation is 1. The molecule has 0 saturated heterocycles. The van der Waals surface area contributed by atoms with Crippen LogP contribution in [-0.2, 0) is 4.79 Å². The van der Waals surface area contributed by atoms with Crippen molar-refractivity contribution >= 4 is 34.6 Å². The molecule has 0 heterocycles. The Hall–Kier alpha value is -2.20. The Morgan fingerprint density at radius 3 is 2.32 bits per heavy atom. The normalized spacial score (nSPS) is 10.2. The number of hydrogen-bond donors (Lipinski definition) is 2. The number of rotatable bonds is 5. The summed E-state index contributed by atoms with van der Waals surface area (Å²) in [5.41, 5.74) is 3.70. The number of amides is 1. The molecule has 0 unspecified atom stereocenters. The van der Waals surface area contributed by atoms with E-state index in [1.807, 2.05) is 68.4 Å². The minimum atomic E-state index is -0.102. The Morgan fingerprint density at radius 2 is 1.73 bits per heavy atom. The van der Waals surface area contributed by atoms with Crippen molar-refractivity contribution in [1.82, 2.24) is 0 Å². The zero-order valence-corrected chi connectivity index (χ0v) is 13.7. The van der Waals surface area contributed by atoms with E-state index in [-0.39, 0.29) is 12.5 Å². The molecule has 0 radical (unpaired) electrons. The summed E-state index contributed by atoms with van der Waals surface area (Å²) < 4.78 is 0. The van der Waals surface area contributed by atoms with Gasteiger partial charge in [-0.3, -0.25) is 4.79 Å². The van der Waals surface area contributed by atoms with Gasteiger partial charge in [0.05, 0.1) is 6.54 Å². The van der Waals surface area contributed by atoms with Crippen LogP contribution in [-0.4, -0.2) is 26.5 Å². The Labute approximate surface area is 136 Å². The first kappa shape index (κ1) is 16.2. The number of carbonyl (C=O) groups is 1. The molecule has 0 aliphatic rings. The molecule has 2 rings (SSSR count). The smallest absolute Gasteiger partial charge is 0.243 e. The average molecular weight is 318 g/mol. The molecule has 0 spiro atoms. The summed E-state index contributed by atoms with van der Waals surface area (Å²) in [5, 5.41) is 6.59.